The minimum absolute atomic E-state index is 0.203. The molecule has 0 unspecified atom stereocenters. The van der Waals surface area contributed by atoms with Gasteiger partial charge in [0.05, 0.1) is 13.0 Å². The van der Waals surface area contributed by atoms with Gasteiger partial charge in [-0.3, -0.25) is 20.2 Å². The van der Waals surface area contributed by atoms with Crippen LogP contribution < -0.4 is 20.1 Å². The number of nitrogens with one attached hydrogen (secondary N) is 2. The van der Waals surface area contributed by atoms with Crippen LogP contribution in [0.1, 0.15) is 29.5 Å². The number of amides is 1. The number of carbonyl (C=O) groups excluding carboxylic acids is 1. The highest BCUT2D eigenvalue weighted by Gasteiger charge is 2.67. The van der Waals surface area contributed by atoms with Crippen molar-refractivity contribution >= 4 is 11.6 Å². The monoisotopic (exact) mass is 477 g/mol. The number of anilines is 1. The fourth-order valence-corrected chi connectivity index (χ4v) is 5.31. The molecular formula is C26H24FN3O5. The van der Waals surface area contributed by atoms with Gasteiger partial charge in [-0.05, 0) is 48.4 Å². The lowest BCUT2D eigenvalue weighted by atomic mass is 9.78. The SMILES string of the molecule is COc1cc([C@@H]2[C@H](C)N[C@]3(C(=O)Nc4ccccc43)[C@@H]2[N+](=O)[O-])ccc1OCc1ccc(F)cc1. The largest absolute Gasteiger partial charge is 0.493 e. The van der Waals surface area contributed by atoms with Crippen molar-refractivity contribution in [2.45, 2.75) is 37.1 Å². The number of carbonyl (C=O) groups is 1. The highest BCUT2D eigenvalue weighted by Crippen LogP contribution is 2.50. The quantitative estimate of drug-likeness (QED) is 0.411. The molecule has 1 saturated heterocycles. The van der Waals surface area contributed by atoms with Gasteiger partial charge in [-0.25, -0.2) is 4.39 Å². The molecule has 2 aliphatic heterocycles. The predicted octanol–water partition coefficient (Wildman–Crippen LogP) is 3.98. The number of hydrogen-bond donors (Lipinski definition) is 2. The number of methoxy groups -OCH3 is 1. The minimum atomic E-state index is -1.48. The van der Waals surface area contributed by atoms with Gasteiger partial charge < -0.3 is 14.8 Å². The summed E-state index contributed by atoms with van der Waals surface area (Å²) in [5, 5.41) is 18.5. The van der Waals surface area contributed by atoms with Crippen molar-refractivity contribution in [2.24, 2.45) is 0 Å². The number of ether oxygens (including phenoxy) is 2. The molecule has 2 N–H and O–H groups in total. The molecule has 2 heterocycles. The second kappa shape index (κ2) is 8.66. The Morgan fingerprint density at radius 3 is 2.54 bits per heavy atom. The first kappa shape index (κ1) is 22.8. The standard InChI is InChI=1S/C26H24FN3O5/c1-15-23(24(30(32)33)26(29-15)19-5-3-4-6-20(19)28-25(26)31)17-9-12-21(22(13-17)34-2)35-14-16-7-10-18(27)11-8-16/h3-13,15,23-24,29H,14H2,1-2H3,(H,28,31)/t15-,23-,24+,26-/m0/s1. The lowest BCUT2D eigenvalue weighted by molar-refractivity contribution is -0.532. The van der Waals surface area contributed by atoms with E-state index >= 15 is 0 Å². The first-order valence-corrected chi connectivity index (χ1v) is 11.2. The third-order valence-corrected chi connectivity index (χ3v) is 6.84. The molecule has 3 aromatic carbocycles. The van der Waals surface area contributed by atoms with E-state index in [4.69, 9.17) is 9.47 Å². The lowest BCUT2D eigenvalue weighted by Crippen LogP contribution is -2.54. The van der Waals surface area contributed by atoms with Crippen LogP contribution in [0, 0.1) is 15.9 Å². The Morgan fingerprint density at radius 1 is 1.09 bits per heavy atom. The van der Waals surface area contributed by atoms with Crippen molar-refractivity contribution in [3.63, 3.8) is 0 Å². The Balaban J connectivity index is 1.48. The van der Waals surface area contributed by atoms with E-state index < -0.39 is 23.4 Å². The zero-order valence-electron chi connectivity index (χ0n) is 19.2. The first-order valence-electron chi connectivity index (χ1n) is 11.2. The van der Waals surface area contributed by atoms with E-state index in [-0.39, 0.29) is 23.4 Å². The number of nitro groups is 1. The number of halogens is 1. The van der Waals surface area contributed by atoms with Gasteiger partial charge in [-0.15, -0.1) is 0 Å². The van der Waals surface area contributed by atoms with Crippen molar-refractivity contribution in [3.8, 4) is 11.5 Å². The molecule has 0 bridgehead atoms. The van der Waals surface area contributed by atoms with Gasteiger partial charge in [0.1, 0.15) is 12.4 Å². The summed E-state index contributed by atoms with van der Waals surface area (Å²) >= 11 is 0. The summed E-state index contributed by atoms with van der Waals surface area (Å²) in [4.78, 5) is 25.3. The third-order valence-electron chi connectivity index (χ3n) is 6.84. The molecular weight excluding hydrogens is 453 g/mol. The van der Waals surface area contributed by atoms with Crippen molar-refractivity contribution in [2.75, 3.05) is 12.4 Å². The molecule has 2 aliphatic rings. The normalized spacial score (nSPS) is 24.8. The average Bonchev–Trinajstić information content (AvgIpc) is 3.32. The number of nitrogens with zero attached hydrogens (tertiary/aromatic N) is 1. The van der Waals surface area contributed by atoms with Crippen LogP contribution in [0.2, 0.25) is 0 Å². The topological polar surface area (TPSA) is 103 Å². The van der Waals surface area contributed by atoms with E-state index in [1.54, 1.807) is 54.6 Å². The summed E-state index contributed by atoms with van der Waals surface area (Å²) in [7, 11) is 1.49. The fourth-order valence-electron chi connectivity index (χ4n) is 5.31. The molecule has 0 aliphatic carbocycles. The predicted molar refractivity (Wildman–Crippen MR) is 127 cm³/mol. The van der Waals surface area contributed by atoms with Gasteiger partial charge in [0.25, 0.3) is 11.9 Å². The third kappa shape index (κ3) is 3.68. The summed E-state index contributed by atoms with van der Waals surface area (Å²) in [6.07, 6.45) is 0. The van der Waals surface area contributed by atoms with Crippen LogP contribution in [0.25, 0.3) is 0 Å². The van der Waals surface area contributed by atoms with E-state index in [9.17, 15) is 19.3 Å². The van der Waals surface area contributed by atoms with Crippen LogP contribution in [0.15, 0.2) is 66.7 Å². The van der Waals surface area contributed by atoms with E-state index in [1.807, 2.05) is 6.92 Å². The van der Waals surface area contributed by atoms with Crippen LogP contribution in [-0.4, -0.2) is 30.0 Å². The van der Waals surface area contributed by atoms with Crippen molar-refractivity contribution < 1.29 is 23.6 Å². The first-order chi connectivity index (χ1) is 16.8. The summed E-state index contributed by atoms with van der Waals surface area (Å²) in [6, 6.07) is 16.6. The molecule has 0 saturated carbocycles. The molecule has 180 valence electrons. The summed E-state index contributed by atoms with van der Waals surface area (Å²) in [5.74, 6) is -0.499. The maximum Gasteiger partial charge on any atom is 0.256 e. The van der Waals surface area contributed by atoms with Crippen molar-refractivity contribution in [3.05, 3.63) is 99.4 Å². The molecule has 1 amide bonds. The average molecular weight is 477 g/mol. The van der Waals surface area contributed by atoms with E-state index in [0.29, 0.717) is 28.3 Å². The van der Waals surface area contributed by atoms with Gasteiger partial charge in [0.15, 0.2) is 17.0 Å². The van der Waals surface area contributed by atoms with Gasteiger partial charge in [0, 0.05) is 22.2 Å². The van der Waals surface area contributed by atoms with Crippen LogP contribution >= 0.6 is 0 Å². The van der Waals surface area contributed by atoms with Gasteiger partial charge in [-0.2, -0.15) is 0 Å². The van der Waals surface area contributed by atoms with Crippen molar-refractivity contribution in [1.29, 1.82) is 0 Å². The molecule has 3 aromatic rings. The summed E-state index contributed by atoms with van der Waals surface area (Å²) in [6.45, 7) is 2.05. The smallest absolute Gasteiger partial charge is 0.256 e. The van der Waals surface area contributed by atoms with Gasteiger partial charge >= 0.3 is 0 Å². The summed E-state index contributed by atoms with van der Waals surface area (Å²) in [5.41, 5.74) is 1.12. The molecule has 9 heteroatoms. The van der Waals surface area contributed by atoms with Gasteiger partial charge in [-0.1, -0.05) is 36.4 Å². The van der Waals surface area contributed by atoms with Crippen LogP contribution in [0.3, 0.4) is 0 Å². The molecule has 5 rings (SSSR count). The number of para-hydroxylation sites is 1. The Labute approximate surface area is 201 Å². The molecule has 1 fully saturated rings. The second-order valence-electron chi connectivity index (χ2n) is 8.82. The number of fused-ring (bicyclic) bond motifs is 2. The van der Waals surface area contributed by atoms with Crippen LogP contribution in [-0.2, 0) is 16.9 Å². The maximum atomic E-state index is 13.2. The summed E-state index contributed by atoms with van der Waals surface area (Å²) < 4.78 is 24.6. The molecule has 1 spiro atoms. The highest BCUT2D eigenvalue weighted by molar-refractivity contribution is 6.07. The Kier molecular flexibility index (Phi) is 5.64. The Bertz CT molecular complexity index is 1300. The highest BCUT2D eigenvalue weighted by atomic mass is 19.1. The number of rotatable bonds is 6. The molecule has 4 atom stereocenters. The molecule has 8 nitrogen and oxygen atoms in total. The van der Waals surface area contributed by atoms with Crippen LogP contribution in [0.4, 0.5) is 10.1 Å². The zero-order chi connectivity index (χ0) is 24.7. The van der Waals surface area contributed by atoms with E-state index in [2.05, 4.69) is 10.6 Å². The zero-order valence-corrected chi connectivity index (χ0v) is 19.2. The van der Waals surface area contributed by atoms with Gasteiger partial charge in [0.2, 0.25) is 0 Å². The number of hydrogen-bond acceptors (Lipinski definition) is 6. The second-order valence-corrected chi connectivity index (χ2v) is 8.82. The number of benzene rings is 3. The Morgan fingerprint density at radius 2 is 1.83 bits per heavy atom. The molecule has 0 radical (unpaired) electrons. The van der Waals surface area contributed by atoms with E-state index in [0.717, 1.165) is 5.56 Å². The van der Waals surface area contributed by atoms with E-state index in [1.165, 1.54) is 19.2 Å². The molecule has 35 heavy (non-hydrogen) atoms. The minimum Gasteiger partial charge on any atom is -0.493 e. The lowest BCUT2D eigenvalue weighted by Gasteiger charge is -2.25. The molecule has 0 aromatic heterocycles. The Hall–Kier alpha value is -3.98. The van der Waals surface area contributed by atoms with Crippen LogP contribution in [0.5, 0.6) is 11.5 Å². The maximum absolute atomic E-state index is 13.2. The fraction of sp³-hybridized carbons (Fsp3) is 0.269. The van der Waals surface area contributed by atoms with Crippen molar-refractivity contribution in [1.82, 2.24) is 5.32 Å².